The molecule has 0 radical (unpaired) electrons. The molecule has 0 amide bonds. The van der Waals surface area contributed by atoms with Gasteiger partial charge in [-0.2, -0.15) is 0 Å². The zero-order chi connectivity index (χ0) is 18.8. The molecule has 0 spiro atoms. The van der Waals surface area contributed by atoms with Crippen LogP contribution in [0.15, 0.2) is 60.7 Å². The first kappa shape index (κ1) is 19.7. The molecule has 0 N–H and O–H groups in total. The highest BCUT2D eigenvalue weighted by molar-refractivity contribution is 5.90. The van der Waals surface area contributed by atoms with Crippen molar-refractivity contribution >= 4 is 5.97 Å². The van der Waals surface area contributed by atoms with Gasteiger partial charge in [0.15, 0.2) is 11.5 Å². The lowest BCUT2D eigenvalue weighted by Crippen LogP contribution is -2.16. The van der Waals surface area contributed by atoms with E-state index in [-0.39, 0.29) is 6.61 Å². The van der Waals surface area contributed by atoms with E-state index in [4.69, 9.17) is 14.2 Å². The van der Waals surface area contributed by atoms with E-state index in [1.807, 2.05) is 49.4 Å². The highest BCUT2D eigenvalue weighted by atomic mass is 16.6. The van der Waals surface area contributed by atoms with Gasteiger partial charge in [0.05, 0.1) is 12.2 Å². The molecular formula is C22H26O4. The van der Waals surface area contributed by atoms with E-state index < -0.39 is 5.97 Å². The number of para-hydroxylation sites is 1. The summed E-state index contributed by atoms with van der Waals surface area (Å²) in [5.41, 5.74) is 2.15. The molecule has 0 atom stereocenters. The molecule has 4 nitrogen and oxygen atoms in total. The van der Waals surface area contributed by atoms with Gasteiger partial charge in [0.1, 0.15) is 6.61 Å². The second kappa shape index (κ2) is 10.4. The molecule has 0 saturated heterocycles. The number of carbonyl (C=O) groups is 1. The van der Waals surface area contributed by atoms with Gasteiger partial charge in [-0.25, -0.2) is 4.79 Å². The van der Waals surface area contributed by atoms with Crippen molar-refractivity contribution in [2.75, 3.05) is 13.2 Å². The van der Waals surface area contributed by atoms with E-state index in [9.17, 15) is 4.79 Å². The van der Waals surface area contributed by atoms with Crippen LogP contribution in [0, 0.1) is 6.92 Å². The molecule has 0 unspecified atom stereocenters. The van der Waals surface area contributed by atoms with Crippen LogP contribution >= 0.6 is 0 Å². The Bertz CT molecular complexity index is 722. The predicted molar refractivity (Wildman–Crippen MR) is 102 cm³/mol. The number of rotatable bonds is 10. The number of ether oxygens (including phenoxy) is 3. The number of hydrogen-bond donors (Lipinski definition) is 0. The van der Waals surface area contributed by atoms with Gasteiger partial charge in [-0.3, -0.25) is 0 Å². The van der Waals surface area contributed by atoms with Crippen LogP contribution in [0.2, 0.25) is 0 Å². The second-order valence-electron chi connectivity index (χ2n) is 6.08. The fourth-order valence-corrected chi connectivity index (χ4v) is 2.27. The summed E-state index contributed by atoms with van der Waals surface area (Å²) in [6.07, 6.45) is 2.00. The monoisotopic (exact) mass is 354 g/mol. The summed E-state index contributed by atoms with van der Waals surface area (Å²) in [6, 6.07) is 15.4. The minimum Gasteiger partial charge on any atom is -0.485 e. The second-order valence-corrected chi connectivity index (χ2v) is 6.08. The van der Waals surface area contributed by atoms with Crippen molar-refractivity contribution in [1.82, 2.24) is 0 Å². The summed E-state index contributed by atoms with van der Waals surface area (Å²) in [6.45, 7) is 8.90. The third-order valence-electron chi connectivity index (χ3n) is 3.81. The van der Waals surface area contributed by atoms with E-state index in [1.54, 1.807) is 6.07 Å². The fourth-order valence-electron chi connectivity index (χ4n) is 2.27. The number of aryl methyl sites for hydroxylation is 1. The molecule has 0 heterocycles. The zero-order valence-corrected chi connectivity index (χ0v) is 15.5. The van der Waals surface area contributed by atoms with Crippen molar-refractivity contribution in [3.8, 4) is 11.5 Å². The third-order valence-corrected chi connectivity index (χ3v) is 3.81. The van der Waals surface area contributed by atoms with E-state index in [0.717, 1.165) is 24.0 Å². The molecule has 2 rings (SSSR count). The number of benzene rings is 2. The van der Waals surface area contributed by atoms with Gasteiger partial charge in [-0.1, -0.05) is 62.4 Å². The lowest BCUT2D eigenvalue weighted by Gasteiger charge is -2.14. The maximum atomic E-state index is 12.3. The Labute approximate surface area is 155 Å². The standard InChI is InChI=1S/C22H26O4/c1-4-5-14-24-15-18(3)22(23)26-21-17(2)10-9-13-20(21)25-16-19-11-7-6-8-12-19/h6-13H,3-5,14-16H2,1-2H3. The molecule has 138 valence electrons. The SMILES string of the molecule is C=C(COCCCC)C(=O)Oc1c(C)cccc1OCc1ccccc1. The summed E-state index contributed by atoms with van der Waals surface area (Å²) in [5, 5.41) is 0. The highest BCUT2D eigenvalue weighted by Gasteiger charge is 2.16. The van der Waals surface area contributed by atoms with Crippen molar-refractivity contribution in [3.05, 3.63) is 71.8 Å². The Balaban J connectivity index is 1.99. The summed E-state index contributed by atoms with van der Waals surface area (Å²) >= 11 is 0. The number of unbranched alkanes of at least 4 members (excludes halogenated alkanes) is 1. The lowest BCUT2D eigenvalue weighted by molar-refractivity contribution is -0.131. The number of hydrogen-bond acceptors (Lipinski definition) is 4. The first-order chi connectivity index (χ1) is 12.6. The first-order valence-corrected chi connectivity index (χ1v) is 8.85. The molecule has 0 aliphatic heterocycles. The lowest BCUT2D eigenvalue weighted by atomic mass is 10.2. The minimum absolute atomic E-state index is 0.172. The quantitative estimate of drug-likeness (QED) is 0.265. The molecule has 0 bridgehead atoms. The van der Waals surface area contributed by atoms with Crippen LogP contribution in [0.1, 0.15) is 30.9 Å². The van der Waals surface area contributed by atoms with Gasteiger partial charge in [-0.05, 0) is 30.5 Å². The third kappa shape index (κ3) is 6.05. The molecular weight excluding hydrogens is 328 g/mol. The van der Waals surface area contributed by atoms with Crippen LogP contribution < -0.4 is 9.47 Å². The summed E-state index contributed by atoms with van der Waals surface area (Å²) in [4.78, 5) is 12.3. The Kier molecular flexibility index (Phi) is 7.90. The predicted octanol–water partition coefficient (Wildman–Crippen LogP) is 4.85. The van der Waals surface area contributed by atoms with Gasteiger partial charge in [-0.15, -0.1) is 0 Å². The zero-order valence-electron chi connectivity index (χ0n) is 15.5. The number of esters is 1. The molecule has 0 fully saturated rings. The molecule has 2 aromatic rings. The van der Waals surface area contributed by atoms with Crippen LogP contribution in [0.3, 0.4) is 0 Å². The molecule has 4 heteroatoms. The van der Waals surface area contributed by atoms with E-state index in [1.165, 1.54) is 0 Å². The number of carbonyl (C=O) groups excluding carboxylic acids is 1. The molecule has 0 saturated carbocycles. The van der Waals surface area contributed by atoms with Crippen LogP contribution in [-0.4, -0.2) is 19.2 Å². The largest absolute Gasteiger partial charge is 0.485 e. The van der Waals surface area contributed by atoms with Crippen LogP contribution in [0.5, 0.6) is 11.5 Å². The summed E-state index contributed by atoms with van der Waals surface area (Å²) in [5.74, 6) is 0.449. The average molecular weight is 354 g/mol. The fraction of sp³-hybridized carbons (Fsp3) is 0.318. The van der Waals surface area contributed by atoms with Gasteiger partial charge >= 0.3 is 5.97 Å². The topological polar surface area (TPSA) is 44.8 Å². The Morgan fingerprint density at radius 3 is 2.58 bits per heavy atom. The van der Waals surface area contributed by atoms with Gasteiger partial charge in [0.25, 0.3) is 0 Å². The average Bonchev–Trinajstić information content (AvgIpc) is 2.66. The van der Waals surface area contributed by atoms with Crippen molar-refractivity contribution in [2.45, 2.75) is 33.3 Å². The molecule has 0 aromatic heterocycles. The van der Waals surface area contributed by atoms with E-state index in [2.05, 4.69) is 13.5 Å². The molecule has 26 heavy (non-hydrogen) atoms. The maximum absolute atomic E-state index is 12.3. The van der Waals surface area contributed by atoms with Gasteiger partial charge in [0.2, 0.25) is 0 Å². The van der Waals surface area contributed by atoms with Crippen LogP contribution in [-0.2, 0) is 16.1 Å². The molecule has 2 aromatic carbocycles. The Hall–Kier alpha value is -2.59. The van der Waals surface area contributed by atoms with Gasteiger partial charge in [0, 0.05) is 6.61 Å². The van der Waals surface area contributed by atoms with E-state index in [0.29, 0.717) is 30.3 Å². The first-order valence-electron chi connectivity index (χ1n) is 8.85. The highest BCUT2D eigenvalue weighted by Crippen LogP contribution is 2.32. The van der Waals surface area contributed by atoms with Crippen molar-refractivity contribution in [1.29, 1.82) is 0 Å². The Morgan fingerprint density at radius 1 is 1.08 bits per heavy atom. The van der Waals surface area contributed by atoms with Crippen LogP contribution in [0.25, 0.3) is 0 Å². The van der Waals surface area contributed by atoms with Crippen molar-refractivity contribution in [3.63, 3.8) is 0 Å². The minimum atomic E-state index is -0.500. The van der Waals surface area contributed by atoms with Gasteiger partial charge < -0.3 is 14.2 Å². The summed E-state index contributed by atoms with van der Waals surface area (Å²) in [7, 11) is 0. The van der Waals surface area contributed by atoms with E-state index >= 15 is 0 Å². The van der Waals surface area contributed by atoms with Crippen LogP contribution in [0.4, 0.5) is 0 Å². The summed E-state index contributed by atoms with van der Waals surface area (Å²) < 4.78 is 16.8. The Morgan fingerprint density at radius 2 is 1.85 bits per heavy atom. The normalized spacial score (nSPS) is 10.4. The molecule has 0 aliphatic carbocycles. The van der Waals surface area contributed by atoms with Crippen molar-refractivity contribution < 1.29 is 19.0 Å². The maximum Gasteiger partial charge on any atom is 0.341 e. The molecule has 0 aliphatic rings. The smallest absolute Gasteiger partial charge is 0.341 e. The van der Waals surface area contributed by atoms with Crippen molar-refractivity contribution in [2.24, 2.45) is 0 Å².